The quantitative estimate of drug-likeness (QED) is 0.440. The van der Waals surface area contributed by atoms with Crippen molar-refractivity contribution >= 4 is 34.0 Å². The molecule has 1 unspecified atom stereocenters. The van der Waals surface area contributed by atoms with Crippen LogP contribution in [0.4, 0.5) is 31.9 Å². The Labute approximate surface area is 193 Å². The summed E-state index contributed by atoms with van der Waals surface area (Å²) in [6, 6.07) is 7.28. The highest BCUT2D eigenvalue weighted by atomic mass is 19.2. The summed E-state index contributed by atoms with van der Waals surface area (Å²) >= 11 is 0. The Morgan fingerprint density at radius 3 is 2.65 bits per heavy atom. The molecule has 1 atom stereocenters. The molecule has 0 spiro atoms. The van der Waals surface area contributed by atoms with Crippen LogP contribution < -0.4 is 20.1 Å². The second kappa shape index (κ2) is 9.02. The maximum absolute atomic E-state index is 13.6. The zero-order valence-corrected chi connectivity index (χ0v) is 18.4. The molecule has 2 N–H and O–H groups in total. The fourth-order valence-electron chi connectivity index (χ4n) is 3.52. The molecule has 3 aromatic heterocycles. The van der Waals surface area contributed by atoms with Gasteiger partial charge < -0.3 is 25.0 Å². The summed E-state index contributed by atoms with van der Waals surface area (Å²) in [4.78, 5) is 19.2. The molecule has 0 fully saturated rings. The minimum atomic E-state index is -0.936. The van der Waals surface area contributed by atoms with Crippen LogP contribution >= 0.6 is 0 Å². The standard InChI is InChI=1S/C23H21F2N7O2/c1-32(2)11-16-12-33-20-7-15(10-28-22(20)34-16)30-23-26-4-3-21(31-23)29-14-5-13-6-17(24)18(25)8-19(13)27-9-14/h3-10,16H,11-12H2,1-2H3,(H2,26,29,30,31). The van der Waals surface area contributed by atoms with Crippen molar-refractivity contribution in [2.24, 2.45) is 0 Å². The van der Waals surface area contributed by atoms with Crippen molar-refractivity contribution < 1.29 is 18.3 Å². The maximum atomic E-state index is 13.6. The van der Waals surface area contributed by atoms with Gasteiger partial charge in [0.25, 0.3) is 5.88 Å². The summed E-state index contributed by atoms with van der Waals surface area (Å²) in [6.07, 6.45) is 4.63. The second-order valence-corrected chi connectivity index (χ2v) is 8.04. The van der Waals surface area contributed by atoms with E-state index in [0.29, 0.717) is 52.3 Å². The van der Waals surface area contributed by atoms with Crippen molar-refractivity contribution in [2.45, 2.75) is 6.10 Å². The number of rotatable bonds is 6. The number of aromatic nitrogens is 4. The van der Waals surface area contributed by atoms with E-state index < -0.39 is 11.6 Å². The van der Waals surface area contributed by atoms with Gasteiger partial charge in [-0.1, -0.05) is 0 Å². The normalized spacial score (nSPS) is 14.9. The molecule has 4 heterocycles. The van der Waals surface area contributed by atoms with Gasteiger partial charge in [0.15, 0.2) is 17.4 Å². The first-order valence-electron chi connectivity index (χ1n) is 10.5. The number of hydrogen-bond acceptors (Lipinski definition) is 9. The van der Waals surface area contributed by atoms with E-state index >= 15 is 0 Å². The molecule has 0 saturated carbocycles. The summed E-state index contributed by atoms with van der Waals surface area (Å²) in [5.74, 6) is -0.0649. The van der Waals surface area contributed by atoms with E-state index in [1.807, 2.05) is 19.0 Å². The van der Waals surface area contributed by atoms with Crippen LogP contribution in [0.25, 0.3) is 10.9 Å². The first-order valence-corrected chi connectivity index (χ1v) is 10.5. The van der Waals surface area contributed by atoms with Crippen LogP contribution in [0, 0.1) is 11.6 Å². The molecule has 0 amide bonds. The molecule has 11 heteroatoms. The van der Waals surface area contributed by atoms with Gasteiger partial charge in [-0.05, 0) is 32.3 Å². The maximum Gasteiger partial charge on any atom is 0.257 e. The first kappa shape index (κ1) is 21.7. The van der Waals surface area contributed by atoms with Crippen molar-refractivity contribution in [3.8, 4) is 11.6 Å². The van der Waals surface area contributed by atoms with Gasteiger partial charge in [-0.15, -0.1) is 0 Å². The van der Waals surface area contributed by atoms with Crippen LogP contribution in [0.1, 0.15) is 0 Å². The molecular weight excluding hydrogens is 444 g/mol. The number of likely N-dealkylation sites (N-methyl/N-ethyl adjacent to an activating group) is 1. The zero-order chi connectivity index (χ0) is 23.7. The van der Waals surface area contributed by atoms with E-state index in [2.05, 4.69) is 30.6 Å². The van der Waals surface area contributed by atoms with E-state index in [-0.39, 0.29) is 6.10 Å². The third kappa shape index (κ3) is 4.79. The lowest BCUT2D eigenvalue weighted by molar-refractivity contribution is 0.0658. The Hall–Kier alpha value is -4.12. The van der Waals surface area contributed by atoms with Gasteiger partial charge in [0, 0.05) is 30.3 Å². The lowest BCUT2D eigenvalue weighted by Gasteiger charge is -2.27. The van der Waals surface area contributed by atoms with Gasteiger partial charge in [-0.2, -0.15) is 4.98 Å². The zero-order valence-electron chi connectivity index (χ0n) is 18.4. The number of benzene rings is 1. The van der Waals surface area contributed by atoms with Gasteiger partial charge in [0.05, 0.1) is 29.3 Å². The summed E-state index contributed by atoms with van der Waals surface area (Å²) < 4.78 is 38.7. The minimum Gasteiger partial charge on any atom is -0.484 e. The molecule has 9 nitrogen and oxygen atoms in total. The summed E-state index contributed by atoms with van der Waals surface area (Å²) in [5.41, 5.74) is 1.56. The summed E-state index contributed by atoms with van der Waals surface area (Å²) in [7, 11) is 3.94. The second-order valence-electron chi connectivity index (χ2n) is 8.04. The number of pyridine rings is 2. The minimum absolute atomic E-state index is 0.0833. The third-order valence-electron chi connectivity index (χ3n) is 5.00. The average molecular weight is 465 g/mol. The van der Waals surface area contributed by atoms with Crippen LogP contribution in [-0.2, 0) is 0 Å². The largest absolute Gasteiger partial charge is 0.484 e. The van der Waals surface area contributed by atoms with Gasteiger partial charge in [0.1, 0.15) is 18.5 Å². The fraction of sp³-hybridized carbons (Fsp3) is 0.217. The monoisotopic (exact) mass is 465 g/mol. The van der Waals surface area contributed by atoms with Gasteiger partial charge in [-0.3, -0.25) is 4.98 Å². The lowest BCUT2D eigenvalue weighted by atomic mass is 10.2. The highest BCUT2D eigenvalue weighted by Crippen LogP contribution is 2.32. The van der Waals surface area contributed by atoms with Crippen LogP contribution in [0.3, 0.4) is 0 Å². The molecule has 34 heavy (non-hydrogen) atoms. The summed E-state index contributed by atoms with van der Waals surface area (Å²) in [5, 5.41) is 6.65. The van der Waals surface area contributed by atoms with Gasteiger partial charge in [-0.25, -0.2) is 18.7 Å². The highest BCUT2D eigenvalue weighted by Gasteiger charge is 2.23. The Kier molecular flexibility index (Phi) is 5.76. The number of hydrogen-bond donors (Lipinski definition) is 2. The van der Waals surface area contributed by atoms with Crippen molar-refractivity contribution in [3.05, 3.63) is 60.6 Å². The number of halogens is 2. The van der Waals surface area contributed by atoms with Gasteiger partial charge >= 0.3 is 0 Å². The summed E-state index contributed by atoms with van der Waals surface area (Å²) in [6.45, 7) is 1.16. The van der Waals surface area contributed by atoms with Crippen molar-refractivity contribution in [1.82, 2.24) is 24.8 Å². The topological polar surface area (TPSA) is 97.3 Å². The molecule has 1 aliphatic heterocycles. The van der Waals surface area contributed by atoms with Crippen LogP contribution in [0.15, 0.2) is 48.9 Å². The van der Waals surface area contributed by atoms with Crippen LogP contribution in [-0.4, -0.2) is 58.2 Å². The van der Waals surface area contributed by atoms with Crippen molar-refractivity contribution in [2.75, 3.05) is 37.9 Å². The predicted molar refractivity (Wildman–Crippen MR) is 123 cm³/mol. The smallest absolute Gasteiger partial charge is 0.257 e. The molecule has 1 aliphatic rings. The molecule has 5 rings (SSSR count). The molecule has 0 radical (unpaired) electrons. The molecule has 0 bridgehead atoms. The first-order chi connectivity index (χ1) is 16.4. The number of nitrogens with one attached hydrogen (secondary N) is 2. The van der Waals surface area contributed by atoms with Crippen molar-refractivity contribution in [1.29, 1.82) is 0 Å². The Bertz CT molecular complexity index is 1350. The third-order valence-corrected chi connectivity index (χ3v) is 5.00. The molecule has 1 aromatic carbocycles. The molecular formula is C23H21F2N7O2. The lowest BCUT2D eigenvalue weighted by Crippen LogP contribution is -2.38. The Balaban J connectivity index is 1.29. The van der Waals surface area contributed by atoms with E-state index in [0.717, 1.165) is 18.7 Å². The number of anilines is 4. The molecule has 0 saturated heterocycles. The number of nitrogens with zero attached hydrogens (tertiary/aromatic N) is 5. The Morgan fingerprint density at radius 2 is 1.79 bits per heavy atom. The Morgan fingerprint density at radius 1 is 1.00 bits per heavy atom. The van der Waals surface area contributed by atoms with E-state index in [4.69, 9.17) is 9.47 Å². The van der Waals surface area contributed by atoms with E-state index in [1.165, 1.54) is 6.20 Å². The highest BCUT2D eigenvalue weighted by molar-refractivity contribution is 5.82. The van der Waals surface area contributed by atoms with E-state index in [1.54, 1.807) is 30.6 Å². The van der Waals surface area contributed by atoms with Crippen LogP contribution in [0.5, 0.6) is 11.6 Å². The fourth-order valence-corrected chi connectivity index (χ4v) is 3.52. The molecule has 174 valence electrons. The molecule has 0 aliphatic carbocycles. The van der Waals surface area contributed by atoms with Crippen molar-refractivity contribution in [3.63, 3.8) is 0 Å². The molecule has 4 aromatic rings. The average Bonchev–Trinajstić information content (AvgIpc) is 2.80. The van der Waals surface area contributed by atoms with E-state index in [9.17, 15) is 8.78 Å². The number of fused-ring (bicyclic) bond motifs is 2. The number of ether oxygens (including phenoxy) is 2. The van der Waals surface area contributed by atoms with Gasteiger partial charge in [0.2, 0.25) is 5.95 Å². The predicted octanol–water partition coefficient (Wildman–Crippen LogP) is 3.89. The van der Waals surface area contributed by atoms with Crippen LogP contribution in [0.2, 0.25) is 0 Å². The SMILES string of the molecule is CN(C)CC1COc2cc(Nc3nccc(Nc4cnc5cc(F)c(F)cc5c4)n3)cnc2O1.